The Morgan fingerprint density at radius 1 is 1.29 bits per heavy atom. The lowest BCUT2D eigenvalue weighted by molar-refractivity contribution is -0.137. The molecular formula is C14H16F4N2O. The largest absolute Gasteiger partial charge is 0.416 e. The molecule has 3 nitrogen and oxygen atoms in total. The quantitative estimate of drug-likeness (QED) is 0.851. The molecule has 0 aliphatic carbocycles. The van der Waals surface area contributed by atoms with E-state index in [1.807, 2.05) is 0 Å². The maximum Gasteiger partial charge on any atom is 0.416 e. The first kappa shape index (κ1) is 15.6. The number of anilines is 1. The van der Waals surface area contributed by atoms with Crippen LogP contribution >= 0.6 is 0 Å². The minimum atomic E-state index is -4.50. The standard InChI is InChI=1S/C14H16F4N2O/c1-9(21)20-6-4-11(5-7-20)19-13-8-10(14(16,17)18)2-3-12(13)15/h2-3,8,11,19H,4-7H2,1H3. The lowest BCUT2D eigenvalue weighted by Crippen LogP contribution is -2.41. The monoisotopic (exact) mass is 304 g/mol. The van der Waals surface area contributed by atoms with Crippen LogP contribution in [0.3, 0.4) is 0 Å². The molecule has 1 aliphatic heterocycles. The third-order valence-electron chi connectivity index (χ3n) is 3.59. The minimum absolute atomic E-state index is 0.0290. The van der Waals surface area contributed by atoms with E-state index < -0.39 is 17.6 Å². The van der Waals surface area contributed by atoms with Gasteiger partial charge in [0.1, 0.15) is 5.82 Å². The van der Waals surface area contributed by atoms with Crippen molar-refractivity contribution in [3.8, 4) is 0 Å². The number of halogens is 4. The zero-order valence-electron chi connectivity index (χ0n) is 11.5. The maximum absolute atomic E-state index is 13.6. The van der Waals surface area contributed by atoms with Crippen LogP contribution in [0, 0.1) is 5.82 Å². The van der Waals surface area contributed by atoms with Gasteiger partial charge in [-0.15, -0.1) is 0 Å². The number of hydrogen-bond acceptors (Lipinski definition) is 2. The van der Waals surface area contributed by atoms with Gasteiger partial charge in [-0.25, -0.2) is 4.39 Å². The molecule has 1 aromatic rings. The minimum Gasteiger partial charge on any atom is -0.380 e. The smallest absolute Gasteiger partial charge is 0.380 e. The van der Waals surface area contributed by atoms with Crippen LogP contribution in [-0.4, -0.2) is 29.9 Å². The Hall–Kier alpha value is -1.79. The molecule has 0 atom stereocenters. The van der Waals surface area contributed by atoms with Gasteiger partial charge >= 0.3 is 6.18 Å². The number of nitrogens with one attached hydrogen (secondary N) is 1. The van der Waals surface area contributed by atoms with Crippen LogP contribution in [-0.2, 0) is 11.0 Å². The number of likely N-dealkylation sites (tertiary alicyclic amines) is 1. The summed E-state index contributed by atoms with van der Waals surface area (Å²) in [4.78, 5) is 12.9. The van der Waals surface area contributed by atoms with Gasteiger partial charge < -0.3 is 10.2 Å². The summed E-state index contributed by atoms with van der Waals surface area (Å²) in [6.45, 7) is 2.52. The molecule has 1 amide bonds. The highest BCUT2D eigenvalue weighted by molar-refractivity contribution is 5.73. The van der Waals surface area contributed by atoms with E-state index in [2.05, 4.69) is 5.32 Å². The van der Waals surface area contributed by atoms with Crippen molar-refractivity contribution in [1.29, 1.82) is 0 Å². The third kappa shape index (κ3) is 3.86. The highest BCUT2D eigenvalue weighted by Crippen LogP contribution is 2.32. The molecule has 7 heteroatoms. The van der Waals surface area contributed by atoms with E-state index in [1.54, 1.807) is 4.90 Å². The van der Waals surface area contributed by atoms with Crippen molar-refractivity contribution in [1.82, 2.24) is 4.90 Å². The van der Waals surface area contributed by atoms with Crippen LogP contribution in [0.15, 0.2) is 18.2 Å². The Labute approximate surface area is 119 Å². The van der Waals surface area contributed by atoms with Gasteiger partial charge in [-0.05, 0) is 31.0 Å². The molecule has 1 aliphatic rings. The van der Waals surface area contributed by atoms with Gasteiger partial charge in [0.2, 0.25) is 5.91 Å². The van der Waals surface area contributed by atoms with Crippen molar-refractivity contribution < 1.29 is 22.4 Å². The molecule has 0 spiro atoms. The van der Waals surface area contributed by atoms with E-state index in [0.717, 1.165) is 18.2 Å². The van der Waals surface area contributed by atoms with E-state index in [9.17, 15) is 22.4 Å². The number of hydrogen-bond donors (Lipinski definition) is 1. The Balaban J connectivity index is 2.05. The molecule has 0 aromatic heterocycles. The first-order chi connectivity index (χ1) is 9.77. The molecule has 2 rings (SSSR count). The molecule has 21 heavy (non-hydrogen) atoms. The highest BCUT2D eigenvalue weighted by Gasteiger charge is 2.31. The molecular weight excluding hydrogens is 288 g/mol. The van der Waals surface area contributed by atoms with Gasteiger partial charge in [-0.2, -0.15) is 13.2 Å². The molecule has 0 bridgehead atoms. The number of nitrogens with zero attached hydrogens (tertiary/aromatic N) is 1. The Morgan fingerprint density at radius 3 is 2.43 bits per heavy atom. The van der Waals surface area contributed by atoms with Crippen molar-refractivity contribution in [2.45, 2.75) is 32.0 Å². The van der Waals surface area contributed by atoms with Gasteiger partial charge in [0.05, 0.1) is 11.3 Å². The molecule has 0 unspecified atom stereocenters. The molecule has 116 valence electrons. The summed E-state index contributed by atoms with van der Waals surface area (Å²) in [7, 11) is 0. The predicted molar refractivity (Wildman–Crippen MR) is 70.3 cm³/mol. The number of carbonyl (C=O) groups is 1. The summed E-state index contributed by atoms with van der Waals surface area (Å²) in [6.07, 6.45) is -3.34. The van der Waals surface area contributed by atoms with E-state index >= 15 is 0 Å². The van der Waals surface area contributed by atoms with E-state index in [4.69, 9.17) is 0 Å². The van der Waals surface area contributed by atoms with Crippen molar-refractivity contribution >= 4 is 11.6 Å². The van der Waals surface area contributed by atoms with Crippen LogP contribution in [0.25, 0.3) is 0 Å². The second kappa shape index (κ2) is 5.91. The Bertz CT molecular complexity index is 522. The number of benzene rings is 1. The van der Waals surface area contributed by atoms with Gasteiger partial charge in [0.15, 0.2) is 0 Å². The fourth-order valence-corrected chi connectivity index (χ4v) is 2.37. The highest BCUT2D eigenvalue weighted by atomic mass is 19.4. The summed E-state index contributed by atoms with van der Waals surface area (Å²) in [5, 5.41) is 2.81. The summed E-state index contributed by atoms with van der Waals surface area (Å²) in [5.74, 6) is -0.740. The van der Waals surface area contributed by atoms with Crippen molar-refractivity contribution in [3.63, 3.8) is 0 Å². The fourth-order valence-electron chi connectivity index (χ4n) is 2.37. The lowest BCUT2D eigenvalue weighted by Gasteiger charge is -2.32. The average Bonchev–Trinajstić information content (AvgIpc) is 2.40. The maximum atomic E-state index is 13.6. The van der Waals surface area contributed by atoms with Crippen molar-refractivity contribution in [3.05, 3.63) is 29.6 Å². The van der Waals surface area contributed by atoms with Gasteiger partial charge in [0, 0.05) is 26.1 Å². The van der Waals surface area contributed by atoms with Gasteiger partial charge in [-0.1, -0.05) is 0 Å². The molecule has 1 fully saturated rings. The van der Waals surface area contributed by atoms with Gasteiger partial charge in [-0.3, -0.25) is 4.79 Å². The van der Waals surface area contributed by atoms with Crippen molar-refractivity contribution in [2.75, 3.05) is 18.4 Å². The first-order valence-corrected chi connectivity index (χ1v) is 6.66. The Kier molecular flexibility index (Phi) is 4.39. The fraction of sp³-hybridized carbons (Fsp3) is 0.500. The van der Waals surface area contributed by atoms with E-state index in [-0.39, 0.29) is 17.6 Å². The molecule has 0 radical (unpaired) electrons. The van der Waals surface area contributed by atoms with Crippen LogP contribution in [0.4, 0.5) is 23.2 Å². The molecule has 1 saturated heterocycles. The number of piperidine rings is 1. The topological polar surface area (TPSA) is 32.3 Å². The number of rotatable bonds is 2. The second-order valence-corrected chi connectivity index (χ2v) is 5.12. The van der Waals surface area contributed by atoms with E-state index in [1.165, 1.54) is 6.92 Å². The number of alkyl halides is 3. The number of amides is 1. The van der Waals surface area contributed by atoms with Crippen LogP contribution < -0.4 is 5.32 Å². The lowest BCUT2D eigenvalue weighted by atomic mass is 10.0. The molecule has 1 heterocycles. The first-order valence-electron chi connectivity index (χ1n) is 6.66. The Morgan fingerprint density at radius 2 is 1.90 bits per heavy atom. The average molecular weight is 304 g/mol. The molecule has 1 aromatic carbocycles. The van der Waals surface area contributed by atoms with Crippen LogP contribution in [0.2, 0.25) is 0 Å². The van der Waals surface area contributed by atoms with Crippen molar-refractivity contribution in [2.24, 2.45) is 0 Å². The third-order valence-corrected chi connectivity index (χ3v) is 3.59. The second-order valence-electron chi connectivity index (χ2n) is 5.12. The summed E-state index contributed by atoms with van der Waals surface area (Å²) in [6, 6.07) is 2.18. The SMILES string of the molecule is CC(=O)N1CCC(Nc2cc(C(F)(F)F)ccc2F)CC1. The van der Waals surface area contributed by atoms with Crippen LogP contribution in [0.5, 0.6) is 0 Å². The number of carbonyl (C=O) groups excluding carboxylic acids is 1. The molecule has 1 N–H and O–H groups in total. The zero-order valence-corrected chi connectivity index (χ0v) is 11.5. The summed E-state index contributed by atoms with van der Waals surface area (Å²) >= 11 is 0. The van der Waals surface area contributed by atoms with Gasteiger partial charge in [0.25, 0.3) is 0 Å². The molecule has 0 saturated carbocycles. The summed E-state index contributed by atoms with van der Waals surface area (Å²) < 4.78 is 51.5. The van der Waals surface area contributed by atoms with E-state index in [0.29, 0.717) is 25.9 Å². The van der Waals surface area contributed by atoms with Crippen LogP contribution in [0.1, 0.15) is 25.3 Å². The zero-order chi connectivity index (χ0) is 15.6. The normalized spacial score (nSPS) is 16.9. The summed E-state index contributed by atoms with van der Waals surface area (Å²) in [5.41, 5.74) is -1.03. The predicted octanol–water partition coefficient (Wildman–Crippen LogP) is 3.27.